The first-order valence-corrected chi connectivity index (χ1v) is 3.82. The van der Waals surface area contributed by atoms with Gasteiger partial charge in [0.05, 0.1) is 12.1 Å². The zero-order chi connectivity index (χ0) is 10.1. The van der Waals surface area contributed by atoms with E-state index in [0.29, 0.717) is 11.3 Å². The van der Waals surface area contributed by atoms with E-state index in [4.69, 9.17) is 5.11 Å². The molecule has 7 nitrogen and oxygen atoms in total. The highest BCUT2D eigenvalue weighted by atomic mass is 16.4. The highest BCUT2D eigenvalue weighted by Gasteiger charge is 2.05. The number of carbonyl (C=O) groups is 1. The van der Waals surface area contributed by atoms with Gasteiger partial charge in [0.25, 0.3) is 0 Å². The molecule has 0 radical (unpaired) electrons. The number of H-pyrrole nitrogens is 1. The molecular weight excluding hydrogens is 188 g/mol. The second-order valence-electron chi connectivity index (χ2n) is 2.69. The lowest BCUT2D eigenvalue weighted by molar-refractivity contribution is -0.136. The molecule has 7 heteroatoms. The van der Waals surface area contributed by atoms with Gasteiger partial charge in [0, 0.05) is 0 Å². The van der Waals surface area contributed by atoms with Gasteiger partial charge in [0.2, 0.25) is 0 Å². The fourth-order valence-corrected chi connectivity index (χ4v) is 1.09. The van der Waals surface area contributed by atoms with Crippen LogP contribution in [0.1, 0.15) is 5.69 Å². The van der Waals surface area contributed by atoms with Crippen molar-refractivity contribution in [3.8, 4) is 0 Å². The molecule has 0 aliphatic heterocycles. The lowest BCUT2D eigenvalue weighted by Crippen LogP contribution is -2.14. The van der Waals surface area contributed by atoms with Gasteiger partial charge in [-0.2, -0.15) is 14.7 Å². The Bertz CT molecular complexity index is 541. The normalized spacial score (nSPS) is 10.6. The molecule has 2 aromatic rings. The van der Waals surface area contributed by atoms with Crippen LogP contribution in [0.5, 0.6) is 0 Å². The van der Waals surface area contributed by atoms with Gasteiger partial charge in [-0.3, -0.25) is 4.79 Å². The SMILES string of the molecule is O=C(O)Cc1ccc2n[nH]c(=O)n2n1. The molecule has 0 aliphatic rings. The van der Waals surface area contributed by atoms with Crippen LogP contribution in [0, 0.1) is 0 Å². The van der Waals surface area contributed by atoms with Crippen molar-refractivity contribution in [1.82, 2.24) is 19.8 Å². The highest BCUT2D eigenvalue weighted by Crippen LogP contribution is 1.97. The van der Waals surface area contributed by atoms with E-state index in [1.807, 2.05) is 0 Å². The van der Waals surface area contributed by atoms with Crippen LogP contribution in [0.15, 0.2) is 16.9 Å². The zero-order valence-electron chi connectivity index (χ0n) is 6.97. The van der Waals surface area contributed by atoms with Crippen LogP contribution in [-0.2, 0) is 11.2 Å². The molecule has 0 unspecified atom stereocenters. The molecule has 0 fully saturated rings. The Labute approximate surface area is 77.0 Å². The van der Waals surface area contributed by atoms with Crippen molar-refractivity contribution in [3.05, 3.63) is 28.3 Å². The van der Waals surface area contributed by atoms with Gasteiger partial charge in [0.1, 0.15) is 0 Å². The lowest BCUT2D eigenvalue weighted by Gasteiger charge is -1.95. The number of nitrogens with one attached hydrogen (secondary N) is 1. The second kappa shape index (κ2) is 2.95. The van der Waals surface area contributed by atoms with Crippen LogP contribution in [0.2, 0.25) is 0 Å². The van der Waals surface area contributed by atoms with Gasteiger partial charge >= 0.3 is 11.7 Å². The number of carboxylic acids is 1. The fourth-order valence-electron chi connectivity index (χ4n) is 1.09. The molecule has 0 saturated heterocycles. The Balaban J connectivity index is 2.54. The van der Waals surface area contributed by atoms with Gasteiger partial charge in [-0.15, -0.1) is 0 Å². The Hall–Kier alpha value is -2.18. The topological polar surface area (TPSA) is 100 Å². The Morgan fingerprint density at radius 2 is 2.36 bits per heavy atom. The molecule has 0 aliphatic carbocycles. The molecule has 0 bridgehead atoms. The van der Waals surface area contributed by atoms with Crippen molar-refractivity contribution < 1.29 is 9.90 Å². The summed E-state index contributed by atoms with van der Waals surface area (Å²) in [6.45, 7) is 0. The fraction of sp³-hybridized carbons (Fsp3) is 0.143. The zero-order valence-corrected chi connectivity index (χ0v) is 6.97. The van der Waals surface area contributed by atoms with Crippen molar-refractivity contribution in [2.24, 2.45) is 0 Å². The molecule has 2 rings (SSSR count). The average molecular weight is 194 g/mol. The first-order valence-electron chi connectivity index (χ1n) is 3.82. The third kappa shape index (κ3) is 1.35. The number of rotatable bonds is 2. The molecule has 2 aromatic heterocycles. The van der Waals surface area contributed by atoms with E-state index in [0.717, 1.165) is 4.52 Å². The molecule has 14 heavy (non-hydrogen) atoms. The Kier molecular flexibility index (Phi) is 1.77. The Morgan fingerprint density at radius 3 is 3.07 bits per heavy atom. The maximum Gasteiger partial charge on any atom is 0.364 e. The maximum atomic E-state index is 11.1. The third-order valence-electron chi connectivity index (χ3n) is 1.66. The van der Waals surface area contributed by atoms with Crippen molar-refractivity contribution in [3.63, 3.8) is 0 Å². The summed E-state index contributed by atoms with van der Waals surface area (Å²) >= 11 is 0. The summed E-state index contributed by atoms with van der Waals surface area (Å²) in [5, 5.41) is 18.2. The van der Waals surface area contributed by atoms with E-state index in [1.54, 1.807) is 0 Å². The van der Waals surface area contributed by atoms with Gasteiger partial charge in [-0.05, 0) is 12.1 Å². The number of aromatic amines is 1. The molecule has 72 valence electrons. The van der Waals surface area contributed by atoms with Crippen LogP contribution in [-0.4, -0.2) is 30.9 Å². The van der Waals surface area contributed by atoms with Gasteiger partial charge in [0.15, 0.2) is 5.65 Å². The molecule has 0 saturated carbocycles. The molecule has 2 N–H and O–H groups in total. The quantitative estimate of drug-likeness (QED) is 0.641. The third-order valence-corrected chi connectivity index (χ3v) is 1.66. The minimum Gasteiger partial charge on any atom is -0.481 e. The first-order chi connectivity index (χ1) is 6.66. The number of aliphatic carboxylic acids is 1. The largest absolute Gasteiger partial charge is 0.481 e. The standard InChI is InChI=1S/C7H6N4O3/c12-6(13)3-4-1-2-5-8-9-7(14)11(5)10-4/h1-2H,3H2,(H,9,14)(H,12,13). The van der Waals surface area contributed by atoms with E-state index < -0.39 is 11.7 Å². The summed E-state index contributed by atoms with van der Waals surface area (Å²) in [4.78, 5) is 21.4. The van der Waals surface area contributed by atoms with Crippen molar-refractivity contribution in [2.75, 3.05) is 0 Å². The van der Waals surface area contributed by atoms with Crippen molar-refractivity contribution >= 4 is 11.6 Å². The van der Waals surface area contributed by atoms with E-state index in [-0.39, 0.29) is 6.42 Å². The summed E-state index contributed by atoms with van der Waals surface area (Å²) in [5.74, 6) is -0.992. The number of hydrogen-bond acceptors (Lipinski definition) is 4. The molecule has 0 aromatic carbocycles. The molecule has 0 amide bonds. The predicted molar refractivity (Wildman–Crippen MR) is 44.9 cm³/mol. The molecular formula is C7H6N4O3. The maximum absolute atomic E-state index is 11.1. The smallest absolute Gasteiger partial charge is 0.364 e. The van der Waals surface area contributed by atoms with Gasteiger partial charge in [-0.1, -0.05) is 0 Å². The highest BCUT2D eigenvalue weighted by molar-refractivity contribution is 5.69. The van der Waals surface area contributed by atoms with Crippen LogP contribution in [0.3, 0.4) is 0 Å². The van der Waals surface area contributed by atoms with Gasteiger partial charge < -0.3 is 5.11 Å². The number of aromatic nitrogens is 4. The lowest BCUT2D eigenvalue weighted by atomic mass is 10.3. The van der Waals surface area contributed by atoms with E-state index in [9.17, 15) is 9.59 Å². The number of carboxylic acid groups (broad SMARTS) is 1. The van der Waals surface area contributed by atoms with E-state index in [1.165, 1.54) is 12.1 Å². The summed E-state index contributed by atoms with van der Waals surface area (Å²) in [6, 6.07) is 3.05. The number of nitrogens with zero attached hydrogens (tertiary/aromatic N) is 3. The second-order valence-corrected chi connectivity index (χ2v) is 2.69. The molecule has 0 spiro atoms. The number of fused-ring (bicyclic) bond motifs is 1. The monoisotopic (exact) mass is 194 g/mol. The van der Waals surface area contributed by atoms with Gasteiger partial charge in [-0.25, -0.2) is 9.89 Å². The number of hydrogen-bond donors (Lipinski definition) is 2. The van der Waals surface area contributed by atoms with Crippen LogP contribution in [0.25, 0.3) is 5.65 Å². The van der Waals surface area contributed by atoms with Crippen LogP contribution < -0.4 is 5.69 Å². The average Bonchev–Trinajstić information content (AvgIpc) is 2.47. The van der Waals surface area contributed by atoms with Crippen LogP contribution in [0.4, 0.5) is 0 Å². The molecule has 0 atom stereocenters. The van der Waals surface area contributed by atoms with Crippen molar-refractivity contribution in [1.29, 1.82) is 0 Å². The van der Waals surface area contributed by atoms with E-state index in [2.05, 4.69) is 15.3 Å². The predicted octanol–water partition coefficient (Wildman–Crippen LogP) is -0.955. The van der Waals surface area contributed by atoms with E-state index >= 15 is 0 Å². The van der Waals surface area contributed by atoms with Crippen molar-refractivity contribution in [2.45, 2.75) is 6.42 Å². The Morgan fingerprint density at radius 1 is 1.57 bits per heavy atom. The summed E-state index contributed by atoms with van der Waals surface area (Å²) in [5.41, 5.74) is 0.199. The summed E-state index contributed by atoms with van der Waals surface area (Å²) in [7, 11) is 0. The minimum absolute atomic E-state index is 0.215. The summed E-state index contributed by atoms with van der Waals surface area (Å²) in [6.07, 6.45) is -0.215. The minimum atomic E-state index is -0.992. The summed E-state index contributed by atoms with van der Waals surface area (Å²) < 4.78 is 1.03. The van der Waals surface area contributed by atoms with Crippen LogP contribution >= 0.6 is 0 Å². The molecule has 2 heterocycles. The first kappa shape index (κ1) is 8.42.